The normalized spacial score (nSPS) is 9.70. The van der Waals surface area contributed by atoms with E-state index >= 15 is 0 Å². The van der Waals surface area contributed by atoms with Crippen LogP contribution in [-0.2, 0) is 0 Å². The van der Waals surface area contributed by atoms with Gasteiger partial charge in [0.2, 0.25) is 0 Å². The van der Waals surface area contributed by atoms with Crippen LogP contribution in [0.25, 0.3) is 5.20 Å². The zero-order valence-corrected chi connectivity index (χ0v) is 7.89. The molecule has 1 aromatic carbocycles. The number of benzene rings is 1. The van der Waals surface area contributed by atoms with Crippen LogP contribution >= 0.6 is 0 Å². The summed E-state index contributed by atoms with van der Waals surface area (Å²) in [4.78, 5) is 0. The Hall–Kier alpha value is -0.893. The lowest BCUT2D eigenvalue weighted by molar-refractivity contribution is 0.628. The van der Waals surface area contributed by atoms with Crippen LogP contribution in [0.5, 0.6) is 0 Å². The molecule has 0 saturated heterocycles. The predicted molar refractivity (Wildman–Crippen MR) is 45.4 cm³/mol. The van der Waals surface area contributed by atoms with Gasteiger partial charge < -0.3 is 0 Å². The molecule has 0 atom stereocenters. The van der Waals surface area contributed by atoms with E-state index in [4.69, 9.17) is 0 Å². The molecular formula is C8H9FSi. The van der Waals surface area contributed by atoms with Crippen molar-refractivity contribution in [1.82, 2.24) is 0 Å². The quantitative estimate of drug-likeness (QED) is 0.530. The molecule has 0 aliphatic heterocycles. The smallest absolute Gasteiger partial charge is 0.123 e. The van der Waals surface area contributed by atoms with Crippen molar-refractivity contribution in [3.8, 4) is 0 Å². The molecule has 0 aromatic heterocycles. The Bertz CT molecular complexity index is 238. The summed E-state index contributed by atoms with van der Waals surface area (Å²) in [5.41, 5.74) is 1.05. The Morgan fingerprint density at radius 2 is 1.80 bits per heavy atom. The highest BCUT2D eigenvalue weighted by Gasteiger charge is 1.91. The number of hydrogen-bond donors (Lipinski definition) is 0. The molecule has 0 nitrogen and oxygen atoms in total. The lowest BCUT2D eigenvalue weighted by atomic mass is 10.2. The van der Waals surface area contributed by atoms with Gasteiger partial charge in [-0.2, -0.15) is 0 Å². The van der Waals surface area contributed by atoms with Gasteiger partial charge in [-0.05, 0) is 17.7 Å². The van der Waals surface area contributed by atoms with Gasteiger partial charge in [-0.15, -0.1) is 6.58 Å². The van der Waals surface area contributed by atoms with Crippen molar-refractivity contribution in [1.29, 1.82) is 0 Å². The van der Waals surface area contributed by atoms with Crippen LogP contribution in [0.2, 0.25) is 0 Å². The standard InChI is InChI=1S/C8H9FSi/c1-6(10)7-2-4-8(9)5-3-7/h2-5H,1H2,10H3. The largest absolute Gasteiger partial charge is 0.207 e. The van der Waals surface area contributed by atoms with E-state index in [0.717, 1.165) is 21.0 Å². The van der Waals surface area contributed by atoms with Gasteiger partial charge >= 0.3 is 0 Å². The second-order valence-electron chi connectivity index (χ2n) is 2.29. The Morgan fingerprint density at radius 1 is 1.30 bits per heavy atom. The SMILES string of the molecule is C=C([SiH3])c1ccc(F)cc1. The van der Waals surface area contributed by atoms with Crippen LogP contribution in [0.3, 0.4) is 0 Å². The Kier molecular flexibility index (Phi) is 2.02. The van der Waals surface area contributed by atoms with Gasteiger partial charge in [0.25, 0.3) is 0 Å². The van der Waals surface area contributed by atoms with E-state index in [1.807, 2.05) is 0 Å². The fourth-order valence-electron chi connectivity index (χ4n) is 0.734. The van der Waals surface area contributed by atoms with Gasteiger partial charge in [0.05, 0.1) is 0 Å². The number of rotatable bonds is 1. The van der Waals surface area contributed by atoms with Gasteiger partial charge in [0.15, 0.2) is 0 Å². The highest BCUT2D eigenvalue weighted by atomic mass is 28.1. The average Bonchev–Trinajstić information content (AvgIpc) is 1.88. The van der Waals surface area contributed by atoms with Gasteiger partial charge in [-0.25, -0.2) is 4.39 Å². The third-order valence-electron chi connectivity index (χ3n) is 1.34. The van der Waals surface area contributed by atoms with E-state index in [-0.39, 0.29) is 5.82 Å². The zero-order valence-electron chi connectivity index (χ0n) is 5.89. The molecular weight excluding hydrogens is 143 g/mol. The maximum Gasteiger partial charge on any atom is 0.123 e. The number of halogens is 1. The molecule has 0 aliphatic carbocycles. The van der Waals surface area contributed by atoms with E-state index < -0.39 is 0 Å². The van der Waals surface area contributed by atoms with Crippen LogP contribution in [-0.4, -0.2) is 10.2 Å². The molecule has 0 bridgehead atoms. The van der Waals surface area contributed by atoms with Gasteiger partial charge in [-0.1, -0.05) is 17.3 Å². The van der Waals surface area contributed by atoms with Crippen molar-refractivity contribution < 1.29 is 4.39 Å². The molecule has 0 heterocycles. The summed E-state index contributed by atoms with van der Waals surface area (Å²) in [5.74, 6) is -0.188. The first kappa shape index (κ1) is 7.22. The van der Waals surface area contributed by atoms with Gasteiger partial charge in [-0.3, -0.25) is 0 Å². The maximum absolute atomic E-state index is 12.3. The van der Waals surface area contributed by atoms with Crippen LogP contribution < -0.4 is 0 Å². The molecule has 10 heavy (non-hydrogen) atoms. The summed E-state index contributed by atoms with van der Waals surface area (Å²) in [6.45, 7) is 3.79. The van der Waals surface area contributed by atoms with E-state index in [1.54, 1.807) is 12.1 Å². The zero-order chi connectivity index (χ0) is 7.56. The minimum Gasteiger partial charge on any atom is -0.207 e. The molecule has 1 rings (SSSR count). The highest BCUT2D eigenvalue weighted by molar-refractivity contribution is 6.41. The minimum absolute atomic E-state index is 0.188. The van der Waals surface area contributed by atoms with Crippen molar-refractivity contribution in [2.45, 2.75) is 0 Å². The second-order valence-corrected chi connectivity index (χ2v) is 3.49. The van der Waals surface area contributed by atoms with Crippen LogP contribution in [0.4, 0.5) is 4.39 Å². The molecule has 52 valence electrons. The van der Waals surface area contributed by atoms with Crippen molar-refractivity contribution in [2.75, 3.05) is 0 Å². The Labute approximate surface area is 62.8 Å². The second kappa shape index (κ2) is 2.79. The molecule has 0 spiro atoms. The third kappa shape index (κ3) is 1.54. The van der Waals surface area contributed by atoms with Crippen LogP contribution in [0.1, 0.15) is 5.56 Å². The molecule has 0 unspecified atom stereocenters. The van der Waals surface area contributed by atoms with Crippen molar-refractivity contribution >= 4 is 15.4 Å². The lowest BCUT2D eigenvalue weighted by Gasteiger charge is -1.96. The van der Waals surface area contributed by atoms with E-state index in [2.05, 4.69) is 6.58 Å². The van der Waals surface area contributed by atoms with E-state index in [0.29, 0.717) is 0 Å². The first-order valence-electron chi connectivity index (χ1n) is 3.11. The first-order valence-corrected chi connectivity index (χ1v) is 4.11. The summed E-state index contributed by atoms with van der Waals surface area (Å²) in [6.07, 6.45) is 0. The topological polar surface area (TPSA) is 0 Å². The highest BCUT2D eigenvalue weighted by Crippen LogP contribution is 2.08. The van der Waals surface area contributed by atoms with Crippen molar-refractivity contribution in [2.24, 2.45) is 0 Å². The molecule has 0 fully saturated rings. The monoisotopic (exact) mass is 152 g/mol. The van der Waals surface area contributed by atoms with Crippen LogP contribution in [0.15, 0.2) is 30.8 Å². The lowest BCUT2D eigenvalue weighted by Crippen LogP contribution is -1.80. The summed E-state index contributed by atoms with van der Waals surface area (Å²) in [6, 6.07) is 6.42. The molecule has 0 amide bonds. The molecule has 0 saturated carbocycles. The first-order chi connectivity index (χ1) is 4.70. The fraction of sp³-hybridized carbons (Fsp3) is 0. The minimum atomic E-state index is -0.188. The maximum atomic E-state index is 12.3. The third-order valence-corrected chi connectivity index (χ3v) is 1.91. The van der Waals surface area contributed by atoms with Crippen LogP contribution in [0, 0.1) is 5.82 Å². The van der Waals surface area contributed by atoms with Crippen molar-refractivity contribution in [3.05, 3.63) is 42.2 Å². The fourth-order valence-corrected chi connectivity index (χ4v) is 1.07. The summed E-state index contributed by atoms with van der Waals surface area (Å²) in [5, 5.41) is 1.10. The predicted octanol–water partition coefficient (Wildman–Crippen LogP) is 1.16. The summed E-state index contributed by atoms with van der Waals surface area (Å²) < 4.78 is 12.3. The molecule has 0 aliphatic rings. The molecule has 0 N–H and O–H groups in total. The number of hydrogen-bond acceptors (Lipinski definition) is 0. The Balaban J connectivity index is 3.00. The Morgan fingerprint density at radius 3 is 2.20 bits per heavy atom. The van der Waals surface area contributed by atoms with Gasteiger partial charge in [0.1, 0.15) is 5.82 Å². The van der Waals surface area contributed by atoms with Gasteiger partial charge in [0, 0.05) is 10.2 Å². The van der Waals surface area contributed by atoms with E-state index in [1.165, 1.54) is 12.1 Å². The molecule has 1 aromatic rings. The molecule has 2 heteroatoms. The van der Waals surface area contributed by atoms with E-state index in [9.17, 15) is 4.39 Å². The summed E-state index contributed by atoms with van der Waals surface area (Å²) >= 11 is 0. The summed E-state index contributed by atoms with van der Waals surface area (Å²) in [7, 11) is 0.938. The van der Waals surface area contributed by atoms with Crippen molar-refractivity contribution in [3.63, 3.8) is 0 Å². The average molecular weight is 152 g/mol. The molecule has 0 radical (unpaired) electrons.